The van der Waals surface area contributed by atoms with Gasteiger partial charge in [0.15, 0.2) is 0 Å². The number of fused-ring (bicyclic) bond motifs is 3. The predicted octanol–water partition coefficient (Wildman–Crippen LogP) is 3.35. The number of carbonyl (C=O) groups is 5. The van der Waals surface area contributed by atoms with Crippen molar-refractivity contribution in [2.75, 3.05) is 49.9 Å². The third-order valence-electron chi connectivity index (χ3n) is 10.9. The van der Waals surface area contributed by atoms with Crippen molar-refractivity contribution in [2.45, 2.75) is 63.6 Å². The van der Waals surface area contributed by atoms with Gasteiger partial charge in [-0.1, -0.05) is 78.9 Å². The van der Waals surface area contributed by atoms with E-state index in [-0.39, 0.29) is 49.4 Å². The summed E-state index contributed by atoms with van der Waals surface area (Å²) in [7, 11) is 0. The van der Waals surface area contributed by atoms with Crippen molar-refractivity contribution in [2.24, 2.45) is 5.73 Å². The number of rotatable bonds is 9. The number of amidine groups is 1. The summed E-state index contributed by atoms with van der Waals surface area (Å²) in [6, 6.07) is 29.2. The third kappa shape index (κ3) is 13.6. The molecule has 8 N–H and O–H groups in total. The maximum absolute atomic E-state index is 14.2. The van der Waals surface area contributed by atoms with Gasteiger partial charge in [0.05, 0.1) is 0 Å². The average Bonchev–Trinajstić information content (AvgIpc) is 3.25. The van der Waals surface area contributed by atoms with Gasteiger partial charge in [0.25, 0.3) is 0 Å². The predicted molar refractivity (Wildman–Crippen MR) is 232 cm³/mol. The summed E-state index contributed by atoms with van der Waals surface area (Å²) in [4.78, 5) is 71.8. The second-order valence-electron chi connectivity index (χ2n) is 15.4. The van der Waals surface area contributed by atoms with Gasteiger partial charge < -0.3 is 42.1 Å². The summed E-state index contributed by atoms with van der Waals surface area (Å²) >= 11 is 0. The van der Waals surface area contributed by atoms with Crippen LogP contribution in [0.15, 0.2) is 103 Å². The largest absolute Gasteiger partial charge is 0.384 e. The van der Waals surface area contributed by atoms with Gasteiger partial charge in [-0.05, 0) is 59.4 Å². The number of benzene rings is 4. The smallest absolute Gasteiger partial charge is 0.243 e. The molecule has 9 rings (SSSR count). The average molecular weight is 814 g/mol. The number of nitrogens with one attached hydrogen (secondary N) is 6. The van der Waals surface area contributed by atoms with Crippen LogP contribution in [0.3, 0.4) is 0 Å². The summed E-state index contributed by atoms with van der Waals surface area (Å²) in [6.07, 6.45) is 2.44. The number of hydrogen-bond donors (Lipinski definition) is 7. The van der Waals surface area contributed by atoms with Crippen molar-refractivity contribution in [3.63, 3.8) is 0 Å². The minimum Gasteiger partial charge on any atom is -0.384 e. The zero-order chi connectivity index (χ0) is 42.3. The third-order valence-corrected chi connectivity index (χ3v) is 10.9. The van der Waals surface area contributed by atoms with Crippen LogP contribution >= 0.6 is 0 Å². The van der Waals surface area contributed by atoms with Crippen molar-refractivity contribution >= 4 is 46.7 Å². The van der Waals surface area contributed by atoms with Crippen molar-refractivity contribution in [3.8, 4) is 0 Å². The fraction of sp³-hybridized carbons (Fsp3) is 0.348. The highest BCUT2D eigenvalue weighted by Gasteiger charge is 2.28. The molecule has 0 aromatic heterocycles. The van der Waals surface area contributed by atoms with E-state index in [4.69, 9.17) is 11.1 Å². The number of carbonyl (C=O) groups excluding carboxylic acids is 5. The first-order chi connectivity index (χ1) is 29.1. The van der Waals surface area contributed by atoms with Crippen LogP contribution in [0.25, 0.3) is 0 Å². The molecule has 5 heterocycles. The zero-order valence-electron chi connectivity index (χ0n) is 33.9. The van der Waals surface area contributed by atoms with E-state index in [2.05, 4.69) is 36.4 Å². The molecule has 0 aliphatic carbocycles. The van der Waals surface area contributed by atoms with Gasteiger partial charge in [-0.3, -0.25) is 29.4 Å². The molecule has 4 aromatic rings. The molecule has 6 bridgehead atoms. The normalized spacial score (nSPS) is 20.4. The molecule has 0 saturated carbocycles. The lowest BCUT2D eigenvalue weighted by atomic mass is 10.0. The SMILES string of the molecule is N=C(N)c1ccc(CNC(=O)[C@@H]2Cc3ccc(cc3)NC(=O)CCN3CCN(CCC(=O)Nc4ccc(cc4)C[C@@H](NC(=O)CCCc4ccccc4)C(=O)N2)CC3)cc1. The lowest BCUT2D eigenvalue weighted by molar-refractivity contribution is -0.132. The van der Waals surface area contributed by atoms with Gasteiger partial charge in [0.1, 0.15) is 17.9 Å². The van der Waals surface area contributed by atoms with E-state index < -0.39 is 23.9 Å². The fourth-order valence-corrected chi connectivity index (χ4v) is 7.29. The highest BCUT2D eigenvalue weighted by atomic mass is 16.2. The molecule has 14 heteroatoms. The second-order valence-corrected chi connectivity index (χ2v) is 15.4. The summed E-state index contributed by atoms with van der Waals surface area (Å²) in [6.45, 7) is 4.68. The molecule has 5 amide bonds. The number of aryl methyl sites for hydroxylation is 1. The maximum atomic E-state index is 14.2. The van der Waals surface area contributed by atoms with Gasteiger partial charge in [-0.15, -0.1) is 0 Å². The van der Waals surface area contributed by atoms with Crippen molar-refractivity contribution in [1.82, 2.24) is 25.8 Å². The maximum Gasteiger partial charge on any atom is 0.243 e. The standard InChI is InChI=1S/C46H55N9O5/c47-44(48)36-15-9-35(10-16-36)31-49-45(59)39-29-33-11-17-37(18-12-33)50-42(57)21-23-54-25-27-55(28-26-54)24-22-43(58)51-38-19-13-34(14-20-38)30-40(46(60)53-39)52-41(56)8-4-7-32-5-2-1-3-6-32/h1-3,5-6,9-20,39-40H,4,7-8,21-31H2,(H3,47,48)(H,49,59)(H,50,57)(H,51,58)(H,52,56)(H,53,60)/t39-,40+/m0/s1. The van der Waals surface area contributed by atoms with Crippen LogP contribution in [0.5, 0.6) is 0 Å². The first kappa shape index (κ1) is 43.2. The monoisotopic (exact) mass is 813 g/mol. The van der Waals surface area contributed by atoms with Crippen LogP contribution in [0.4, 0.5) is 11.4 Å². The van der Waals surface area contributed by atoms with E-state index in [1.807, 2.05) is 54.6 Å². The topological polar surface area (TPSA) is 202 Å². The number of nitrogens with two attached hydrogens (primary N) is 1. The van der Waals surface area contributed by atoms with Crippen LogP contribution in [-0.2, 0) is 49.8 Å². The van der Waals surface area contributed by atoms with Gasteiger partial charge in [0, 0.05) is 94.9 Å². The van der Waals surface area contributed by atoms with Crippen LogP contribution in [0.2, 0.25) is 0 Å². The minimum atomic E-state index is -1.02. The number of piperazine rings is 1. The Hall–Kier alpha value is -6.38. The van der Waals surface area contributed by atoms with Gasteiger partial charge >= 0.3 is 0 Å². The Morgan fingerprint density at radius 2 is 1.23 bits per heavy atom. The Bertz CT molecular complexity index is 2090. The van der Waals surface area contributed by atoms with Gasteiger partial charge in [-0.2, -0.15) is 0 Å². The molecule has 0 radical (unpaired) electrons. The summed E-state index contributed by atoms with van der Waals surface area (Å²) in [5.41, 5.74) is 10.8. The molecule has 1 saturated heterocycles. The Morgan fingerprint density at radius 3 is 1.78 bits per heavy atom. The molecule has 0 unspecified atom stereocenters. The first-order valence-electron chi connectivity index (χ1n) is 20.6. The number of amides is 5. The van der Waals surface area contributed by atoms with E-state index in [0.717, 1.165) is 48.4 Å². The van der Waals surface area contributed by atoms with Gasteiger partial charge in [-0.25, -0.2) is 0 Å². The van der Waals surface area contributed by atoms with E-state index in [0.29, 0.717) is 55.7 Å². The fourth-order valence-electron chi connectivity index (χ4n) is 7.29. The number of nitrogen functional groups attached to an aromatic ring is 1. The summed E-state index contributed by atoms with van der Waals surface area (Å²) < 4.78 is 0. The molecular weight excluding hydrogens is 759 g/mol. The molecule has 5 aliphatic heterocycles. The molecule has 60 heavy (non-hydrogen) atoms. The van der Waals surface area contributed by atoms with E-state index in [1.165, 1.54) is 0 Å². The number of anilines is 2. The number of nitrogens with zero attached hydrogens (tertiary/aromatic N) is 2. The van der Waals surface area contributed by atoms with E-state index in [9.17, 15) is 24.0 Å². The highest BCUT2D eigenvalue weighted by molar-refractivity contribution is 5.95. The molecule has 0 spiro atoms. The quantitative estimate of drug-likeness (QED) is 0.0985. The molecule has 2 atom stereocenters. The summed E-state index contributed by atoms with van der Waals surface area (Å²) in [5.74, 6) is -1.52. The molecule has 1 fully saturated rings. The molecule has 4 aromatic carbocycles. The lowest BCUT2D eigenvalue weighted by Gasteiger charge is -2.34. The molecule has 14 nitrogen and oxygen atoms in total. The molecular formula is C46H55N9O5. The van der Waals surface area contributed by atoms with E-state index >= 15 is 0 Å². The zero-order valence-corrected chi connectivity index (χ0v) is 33.9. The Kier molecular flexibility index (Phi) is 15.5. The van der Waals surface area contributed by atoms with Crippen molar-refractivity contribution < 1.29 is 24.0 Å². The summed E-state index contributed by atoms with van der Waals surface area (Å²) in [5, 5.41) is 22.4. The van der Waals surface area contributed by atoms with E-state index in [1.54, 1.807) is 48.5 Å². The minimum absolute atomic E-state index is 0.0615. The Labute approximate surface area is 351 Å². The highest BCUT2D eigenvalue weighted by Crippen LogP contribution is 2.16. The first-order valence-corrected chi connectivity index (χ1v) is 20.6. The van der Waals surface area contributed by atoms with Crippen molar-refractivity contribution in [3.05, 3.63) is 131 Å². The van der Waals surface area contributed by atoms with Gasteiger partial charge in [0.2, 0.25) is 29.5 Å². The Morgan fingerprint density at radius 1 is 0.683 bits per heavy atom. The van der Waals surface area contributed by atoms with Crippen LogP contribution in [-0.4, -0.2) is 96.5 Å². The second kappa shape index (κ2) is 21.6. The molecule has 5 aliphatic rings. The van der Waals surface area contributed by atoms with Crippen molar-refractivity contribution in [1.29, 1.82) is 5.41 Å². The van der Waals surface area contributed by atoms with Crippen LogP contribution in [0.1, 0.15) is 53.5 Å². The lowest BCUT2D eigenvalue weighted by Crippen LogP contribution is -2.55. The molecule has 314 valence electrons. The number of hydrogen-bond acceptors (Lipinski definition) is 8. The van der Waals surface area contributed by atoms with Crippen LogP contribution < -0.4 is 32.3 Å². The Balaban J connectivity index is 1.22. The van der Waals surface area contributed by atoms with Crippen LogP contribution in [0, 0.1) is 5.41 Å².